The Morgan fingerprint density at radius 1 is 1.09 bits per heavy atom. The molecule has 3 aliphatic rings. The van der Waals surface area contributed by atoms with Crippen molar-refractivity contribution < 1.29 is 38.5 Å². The molecule has 4 heterocycles. The van der Waals surface area contributed by atoms with Gasteiger partial charge in [-0.3, -0.25) is 19.2 Å². The number of aromatic nitrogens is 3. The van der Waals surface area contributed by atoms with Crippen molar-refractivity contribution >= 4 is 34.7 Å². The number of esters is 1. The fourth-order valence-electron chi connectivity index (χ4n) is 8.54. The van der Waals surface area contributed by atoms with Crippen molar-refractivity contribution in [2.75, 3.05) is 33.4 Å². The van der Waals surface area contributed by atoms with E-state index in [1.54, 1.807) is 26.6 Å². The van der Waals surface area contributed by atoms with Gasteiger partial charge >= 0.3 is 5.97 Å². The van der Waals surface area contributed by atoms with Gasteiger partial charge in [-0.15, -0.1) is 18.3 Å². The number of carbonyl (C=O) groups is 4. The van der Waals surface area contributed by atoms with Gasteiger partial charge in [0.15, 0.2) is 0 Å². The monoisotopic (exact) mass is 756 g/mol. The first-order valence-corrected chi connectivity index (χ1v) is 19.2. The number of hydrogen-bond donors (Lipinski definition) is 2. The Balaban J connectivity index is 1.31. The highest BCUT2D eigenvalue weighted by Gasteiger charge is 2.75. The summed E-state index contributed by atoms with van der Waals surface area (Å²) in [5.41, 5.74) is 0.826. The number of rotatable bonds is 21. The van der Waals surface area contributed by atoms with Crippen molar-refractivity contribution in [3.05, 3.63) is 85.5 Å². The molecule has 14 nitrogen and oxygen atoms in total. The topological polar surface area (TPSA) is 165 Å². The zero-order valence-corrected chi connectivity index (χ0v) is 31.5. The lowest BCUT2D eigenvalue weighted by molar-refractivity contribution is -0.163. The maximum absolute atomic E-state index is 14.9. The van der Waals surface area contributed by atoms with Crippen LogP contribution < -0.4 is 5.32 Å². The summed E-state index contributed by atoms with van der Waals surface area (Å²) in [4.78, 5) is 60.3. The molecule has 3 fully saturated rings. The highest BCUT2D eigenvalue weighted by Crippen LogP contribution is 2.59. The van der Waals surface area contributed by atoms with Crippen LogP contribution in [-0.4, -0.2) is 111 Å². The molecule has 2 N–H and O–H groups in total. The number of allylic oxidation sites excluding steroid dienone is 1. The standard InChI is InChI=1S/C41H52N6O8/c1-4-6-20-33(49)42-30(26-53-3)36(28-16-10-9-11-17-28)54-40(52)34-32-21-22-41(55-32)35(34)38(50)46(24-14-7-8-15-25-48)37(41)39(51)45(23-5-2)27-47-31-19-13-12-18-29(31)43-44-47/h4-5,9-13,16-19,30,32,34-37,48H,1-2,6-8,14-15,20-27H2,3H3,(H,42,49)/t30-,32-,34+,35+,36-,37-,41+/m1/s1. The molecule has 3 amide bonds. The van der Waals surface area contributed by atoms with Crippen molar-refractivity contribution in [3.63, 3.8) is 0 Å². The quantitative estimate of drug-likeness (QED) is 0.0930. The number of carbonyl (C=O) groups excluding carboxylic acids is 4. The lowest BCUT2D eigenvalue weighted by atomic mass is 9.70. The number of para-hydroxylation sites is 1. The molecule has 2 bridgehead atoms. The molecular weight excluding hydrogens is 704 g/mol. The normalized spacial score (nSPS) is 23.7. The number of likely N-dealkylation sites (tertiary alicyclic amines) is 1. The van der Waals surface area contributed by atoms with Crippen LogP contribution >= 0.6 is 0 Å². The average molecular weight is 757 g/mol. The number of benzene rings is 2. The second-order valence-corrected chi connectivity index (χ2v) is 14.5. The second kappa shape index (κ2) is 18.1. The van der Waals surface area contributed by atoms with E-state index in [1.807, 2.05) is 54.6 Å². The third kappa shape index (κ3) is 8.21. The van der Waals surface area contributed by atoms with Gasteiger partial charge in [-0.1, -0.05) is 72.7 Å². The first-order chi connectivity index (χ1) is 26.8. The lowest BCUT2D eigenvalue weighted by Gasteiger charge is -2.36. The Bertz CT molecular complexity index is 1830. The molecule has 3 aliphatic heterocycles. The minimum atomic E-state index is -1.26. The molecule has 1 aromatic heterocycles. The number of hydrogen-bond acceptors (Lipinski definition) is 10. The SMILES string of the molecule is C=CCCC(=O)N[C@H](COC)[C@H](OC(=O)[C@@H]1[C@H]2C(=O)N(CCCCCCO)[C@H](C(=O)N(CC=C)Cn3nnc4ccccc43)[C@]23CC[C@H]1O3)c1ccccc1. The van der Waals surface area contributed by atoms with Crippen molar-refractivity contribution in [2.45, 2.75) is 87.9 Å². The smallest absolute Gasteiger partial charge is 0.313 e. The number of amides is 3. The highest BCUT2D eigenvalue weighted by atomic mass is 16.6. The van der Waals surface area contributed by atoms with E-state index in [9.17, 15) is 24.3 Å². The number of methoxy groups -OCH3 is 1. The maximum Gasteiger partial charge on any atom is 0.313 e. The summed E-state index contributed by atoms with van der Waals surface area (Å²) < 4.78 is 20.2. The molecule has 294 valence electrons. The summed E-state index contributed by atoms with van der Waals surface area (Å²) >= 11 is 0. The van der Waals surface area contributed by atoms with Gasteiger partial charge in [-0.05, 0) is 49.8 Å². The third-order valence-corrected chi connectivity index (χ3v) is 11.0. The van der Waals surface area contributed by atoms with Crippen LogP contribution in [0.25, 0.3) is 11.0 Å². The van der Waals surface area contributed by atoms with Crippen LogP contribution in [0.2, 0.25) is 0 Å². The largest absolute Gasteiger partial charge is 0.455 e. The molecule has 0 aliphatic carbocycles. The van der Waals surface area contributed by atoms with Gasteiger partial charge in [0.25, 0.3) is 0 Å². The number of fused-ring (bicyclic) bond motifs is 2. The molecular formula is C41H52N6O8. The maximum atomic E-state index is 14.9. The van der Waals surface area contributed by atoms with Crippen LogP contribution in [0.5, 0.6) is 0 Å². The Kier molecular flexibility index (Phi) is 13.1. The van der Waals surface area contributed by atoms with Crippen molar-refractivity contribution in [1.82, 2.24) is 30.1 Å². The summed E-state index contributed by atoms with van der Waals surface area (Å²) in [5, 5.41) is 20.9. The van der Waals surface area contributed by atoms with Gasteiger partial charge < -0.3 is 34.4 Å². The van der Waals surface area contributed by atoms with Crippen LogP contribution in [0.3, 0.4) is 0 Å². The summed E-state index contributed by atoms with van der Waals surface area (Å²) in [6.07, 6.45) is 6.03. The lowest BCUT2D eigenvalue weighted by Crippen LogP contribution is -2.56. The van der Waals surface area contributed by atoms with E-state index >= 15 is 0 Å². The first kappa shape index (κ1) is 39.8. The third-order valence-electron chi connectivity index (χ3n) is 11.0. The average Bonchev–Trinajstić information content (AvgIpc) is 3.95. The zero-order valence-electron chi connectivity index (χ0n) is 31.5. The number of ether oxygens (including phenoxy) is 3. The predicted molar refractivity (Wildman–Crippen MR) is 203 cm³/mol. The number of aliphatic hydroxyl groups excluding tert-OH is 1. The van der Waals surface area contributed by atoms with E-state index in [4.69, 9.17) is 14.2 Å². The predicted octanol–water partition coefficient (Wildman–Crippen LogP) is 3.71. The Morgan fingerprint density at radius 2 is 1.85 bits per heavy atom. The fraction of sp³-hybridized carbons (Fsp3) is 0.512. The molecule has 3 saturated heterocycles. The van der Waals surface area contributed by atoms with Gasteiger partial charge in [-0.25, -0.2) is 4.68 Å². The molecule has 0 radical (unpaired) electrons. The van der Waals surface area contributed by atoms with Crippen LogP contribution in [0.1, 0.15) is 63.0 Å². The van der Waals surface area contributed by atoms with Crippen molar-refractivity contribution in [1.29, 1.82) is 0 Å². The van der Waals surface area contributed by atoms with E-state index in [-0.39, 0.29) is 57.1 Å². The Hall–Kier alpha value is -4.92. The van der Waals surface area contributed by atoms with Crippen LogP contribution in [0.15, 0.2) is 79.9 Å². The van der Waals surface area contributed by atoms with Crippen LogP contribution in [-0.2, 0) is 40.1 Å². The minimum Gasteiger partial charge on any atom is -0.455 e. The Labute approximate surface area is 321 Å². The first-order valence-electron chi connectivity index (χ1n) is 19.2. The number of unbranched alkanes of at least 4 members (excludes halogenated alkanes) is 3. The highest BCUT2D eigenvalue weighted by molar-refractivity contribution is 5.98. The van der Waals surface area contributed by atoms with Gasteiger partial charge in [-0.2, -0.15) is 0 Å². The van der Waals surface area contributed by atoms with E-state index in [2.05, 4.69) is 28.8 Å². The van der Waals surface area contributed by atoms with Gasteiger partial charge in [0.2, 0.25) is 17.7 Å². The molecule has 0 saturated carbocycles. The molecule has 2 aromatic carbocycles. The number of nitrogens with one attached hydrogen (secondary N) is 1. The summed E-state index contributed by atoms with van der Waals surface area (Å²) in [7, 11) is 1.51. The molecule has 6 rings (SSSR count). The molecule has 0 unspecified atom stereocenters. The Morgan fingerprint density at radius 3 is 2.60 bits per heavy atom. The van der Waals surface area contributed by atoms with E-state index in [1.165, 1.54) is 7.11 Å². The minimum absolute atomic E-state index is 0.0599. The summed E-state index contributed by atoms with van der Waals surface area (Å²) in [6.45, 7) is 8.26. The molecule has 3 aromatic rings. The molecule has 7 atom stereocenters. The summed E-state index contributed by atoms with van der Waals surface area (Å²) in [6, 6.07) is 14.8. The van der Waals surface area contributed by atoms with Crippen molar-refractivity contribution in [2.24, 2.45) is 11.8 Å². The molecule has 1 spiro atoms. The van der Waals surface area contributed by atoms with Crippen LogP contribution in [0.4, 0.5) is 0 Å². The van der Waals surface area contributed by atoms with Gasteiger partial charge in [0.05, 0.1) is 36.1 Å². The van der Waals surface area contributed by atoms with Gasteiger partial charge in [0, 0.05) is 33.2 Å². The van der Waals surface area contributed by atoms with E-state index in [0.29, 0.717) is 43.2 Å². The van der Waals surface area contributed by atoms with Gasteiger partial charge in [0.1, 0.15) is 29.9 Å². The number of aliphatic hydroxyl groups is 1. The fourth-order valence-corrected chi connectivity index (χ4v) is 8.54. The summed E-state index contributed by atoms with van der Waals surface area (Å²) in [5.74, 6) is -3.46. The van der Waals surface area contributed by atoms with E-state index < -0.39 is 47.7 Å². The number of nitrogens with zero attached hydrogens (tertiary/aromatic N) is 5. The van der Waals surface area contributed by atoms with Crippen molar-refractivity contribution in [3.8, 4) is 0 Å². The van der Waals surface area contributed by atoms with Crippen LogP contribution in [0, 0.1) is 11.8 Å². The van der Waals surface area contributed by atoms with E-state index in [0.717, 1.165) is 18.4 Å². The molecule has 14 heteroatoms. The zero-order chi connectivity index (χ0) is 39.0. The molecule has 55 heavy (non-hydrogen) atoms. The second-order valence-electron chi connectivity index (χ2n) is 14.5.